The molecule has 0 aliphatic carbocycles. The number of ether oxygens (including phenoxy) is 2. The fourth-order valence-corrected chi connectivity index (χ4v) is 2.71. The number of benzene rings is 1. The van der Waals surface area contributed by atoms with Crippen LogP contribution in [0.4, 0.5) is 0 Å². The third-order valence-electron chi connectivity index (χ3n) is 3.80. The molecular formula is C21H23NO4. The third kappa shape index (κ3) is 4.36. The molecule has 0 aliphatic heterocycles. The molecule has 0 bridgehead atoms. The van der Waals surface area contributed by atoms with Gasteiger partial charge < -0.3 is 9.47 Å². The van der Waals surface area contributed by atoms with Gasteiger partial charge in [-0.1, -0.05) is 42.5 Å². The van der Waals surface area contributed by atoms with Crippen LogP contribution in [-0.4, -0.2) is 30.1 Å². The van der Waals surface area contributed by atoms with Crippen LogP contribution < -0.4 is 0 Å². The Morgan fingerprint density at radius 3 is 1.85 bits per heavy atom. The maximum Gasteiger partial charge on any atom is 0.340 e. The fraction of sp³-hybridized carbons (Fsp3) is 0.286. The van der Waals surface area contributed by atoms with Crippen molar-refractivity contribution in [3.05, 3.63) is 64.0 Å². The molecule has 1 heterocycles. The van der Waals surface area contributed by atoms with Crippen molar-refractivity contribution in [2.24, 2.45) is 0 Å². The Labute approximate surface area is 153 Å². The molecule has 0 unspecified atom stereocenters. The highest BCUT2D eigenvalue weighted by atomic mass is 16.5. The molecule has 0 amide bonds. The third-order valence-corrected chi connectivity index (χ3v) is 3.80. The number of hydrogen-bond acceptors (Lipinski definition) is 5. The second kappa shape index (κ2) is 8.94. The molecule has 0 saturated carbocycles. The molecule has 0 N–H and O–H groups in total. The normalized spacial score (nSPS) is 10.8. The molecule has 0 aliphatic rings. The maximum atomic E-state index is 12.5. The molecular weight excluding hydrogens is 330 g/mol. The second-order valence-corrected chi connectivity index (χ2v) is 5.63. The molecule has 1 aromatic carbocycles. The number of pyridine rings is 1. The zero-order valence-corrected chi connectivity index (χ0v) is 15.5. The molecule has 0 spiro atoms. The minimum atomic E-state index is -0.504. The van der Waals surface area contributed by atoms with Crippen LogP contribution in [0.3, 0.4) is 0 Å². The van der Waals surface area contributed by atoms with Gasteiger partial charge in [-0.15, -0.1) is 0 Å². The van der Waals surface area contributed by atoms with Gasteiger partial charge in [0.25, 0.3) is 0 Å². The standard InChI is InChI=1S/C21H23NO4/c1-5-25-20(23)18-14(3)22-15(4)19(21(24)26-6-2)17(18)13-12-16-10-8-7-9-11-16/h7-13H,5-6H2,1-4H3. The van der Waals surface area contributed by atoms with E-state index in [0.29, 0.717) is 17.0 Å². The van der Waals surface area contributed by atoms with Crippen molar-refractivity contribution in [1.82, 2.24) is 4.98 Å². The SMILES string of the molecule is CCOC(=O)c1c(C)nc(C)c(C(=O)OCC)c1C=Cc1ccccc1. The average molecular weight is 353 g/mol. The minimum Gasteiger partial charge on any atom is -0.462 e. The number of aryl methyl sites for hydroxylation is 2. The molecule has 136 valence electrons. The summed E-state index contributed by atoms with van der Waals surface area (Å²) in [5.41, 5.74) is 3.02. The monoisotopic (exact) mass is 353 g/mol. The lowest BCUT2D eigenvalue weighted by atomic mass is 9.97. The van der Waals surface area contributed by atoms with E-state index in [-0.39, 0.29) is 24.3 Å². The van der Waals surface area contributed by atoms with E-state index in [1.807, 2.05) is 36.4 Å². The summed E-state index contributed by atoms with van der Waals surface area (Å²) in [6.45, 7) is 7.41. The highest BCUT2D eigenvalue weighted by Gasteiger charge is 2.25. The van der Waals surface area contributed by atoms with Crippen molar-refractivity contribution >= 4 is 24.1 Å². The zero-order valence-electron chi connectivity index (χ0n) is 15.5. The number of carbonyl (C=O) groups is 2. The summed E-state index contributed by atoms with van der Waals surface area (Å²) in [7, 11) is 0. The molecule has 2 aromatic rings. The first kappa shape index (κ1) is 19.4. The van der Waals surface area contributed by atoms with Crippen LogP contribution in [0.2, 0.25) is 0 Å². The van der Waals surface area contributed by atoms with Gasteiger partial charge in [0.05, 0.1) is 35.7 Å². The van der Waals surface area contributed by atoms with E-state index in [1.54, 1.807) is 33.8 Å². The highest BCUT2D eigenvalue weighted by molar-refractivity contribution is 6.03. The van der Waals surface area contributed by atoms with Crippen molar-refractivity contribution in [2.75, 3.05) is 13.2 Å². The summed E-state index contributed by atoms with van der Waals surface area (Å²) in [6, 6.07) is 9.63. The van der Waals surface area contributed by atoms with Crippen LogP contribution in [-0.2, 0) is 9.47 Å². The maximum absolute atomic E-state index is 12.5. The average Bonchev–Trinajstić information content (AvgIpc) is 2.60. The molecule has 26 heavy (non-hydrogen) atoms. The molecule has 0 radical (unpaired) electrons. The summed E-state index contributed by atoms with van der Waals surface area (Å²) in [5, 5.41) is 0. The summed E-state index contributed by atoms with van der Waals surface area (Å²) in [6.07, 6.45) is 3.59. The first-order valence-electron chi connectivity index (χ1n) is 8.58. The molecule has 2 rings (SSSR count). The van der Waals surface area contributed by atoms with E-state index in [4.69, 9.17) is 9.47 Å². The van der Waals surface area contributed by atoms with E-state index >= 15 is 0 Å². The number of esters is 2. The Morgan fingerprint density at radius 1 is 0.885 bits per heavy atom. The lowest BCUT2D eigenvalue weighted by Crippen LogP contribution is -2.17. The van der Waals surface area contributed by atoms with Gasteiger partial charge in [-0.25, -0.2) is 9.59 Å². The first-order chi connectivity index (χ1) is 12.5. The van der Waals surface area contributed by atoms with Crippen molar-refractivity contribution in [3.8, 4) is 0 Å². The zero-order chi connectivity index (χ0) is 19.1. The van der Waals surface area contributed by atoms with Gasteiger partial charge in [-0.05, 0) is 33.3 Å². The van der Waals surface area contributed by atoms with E-state index in [2.05, 4.69) is 4.98 Å². The summed E-state index contributed by atoms with van der Waals surface area (Å²) in [5.74, 6) is -1.01. The van der Waals surface area contributed by atoms with Gasteiger partial charge in [0.1, 0.15) is 0 Å². The minimum absolute atomic E-state index is 0.239. The highest BCUT2D eigenvalue weighted by Crippen LogP contribution is 2.25. The van der Waals surface area contributed by atoms with Gasteiger partial charge >= 0.3 is 11.9 Å². The van der Waals surface area contributed by atoms with E-state index in [0.717, 1.165) is 5.56 Å². The summed E-state index contributed by atoms with van der Waals surface area (Å²) >= 11 is 0. The van der Waals surface area contributed by atoms with Crippen molar-refractivity contribution in [1.29, 1.82) is 0 Å². The van der Waals surface area contributed by atoms with Crippen molar-refractivity contribution in [2.45, 2.75) is 27.7 Å². The number of carbonyl (C=O) groups excluding carboxylic acids is 2. The van der Waals surface area contributed by atoms with E-state index < -0.39 is 11.9 Å². The van der Waals surface area contributed by atoms with Gasteiger partial charge in [-0.2, -0.15) is 0 Å². The quantitative estimate of drug-likeness (QED) is 0.727. The number of nitrogens with zero attached hydrogens (tertiary/aromatic N) is 1. The van der Waals surface area contributed by atoms with Crippen LogP contribution in [0.1, 0.15) is 57.1 Å². The fourth-order valence-electron chi connectivity index (χ4n) is 2.71. The lowest BCUT2D eigenvalue weighted by molar-refractivity contribution is 0.0522. The van der Waals surface area contributed by atoms with Gasteiger partial charge in [0.15, 0.2) is 0 Å². The van der Waals surface area contributed by atoms with Crippen molar-refractivity contribution in [3.63, 3.8) is 0 Å². The van der Waals surface area contributed by atoms with Gasteiger partial charge in [0.2, 0.25) is 0 Å². The van der Waals surface area contributed by atoms with Gasteiger partial charge in [-0.3, -0.25) is 4.98 Å². The van der Waals surface area contributed by atoms with E-state index in [9.17, 15) is 9.59 Å². The van der Waals surface area contributed by atoms with Gasteiger partial charge in [0, 0.05) is 5.56 Å². The summed E-state index contributed by atoms with van der Waals surface area (Å²) in [4.78, 5) is 29.3. The second-order valence-electron chi connectivity index (χ2n) is 5.63. The van der Waals surface area contributed by atoms with Crippen LogP contribution in [0.15, 0.2) is 30.3 Å². The summed E-state index contributed by atoms with van der Waals surface area (Å²) < 4.78 is 10.3. The topological polar surface area (TPSA) is 65.5 Å². The number of aromatic nitrogens is 1. The molecule has 5 nitrogen and oxygen atoms in total. The number of rotatable bonds is 6. The molecule has 0 atom stereocenters. The van der Waals surface area contributed by atoms with Crippen LogP contribution in [0.25, 0.3) is 12.2 Å². The van der Waals surface area contributed by atoms with Crippen LogP contribution in [0, 0.1) is 13.8 Å². The smallest absolute Gasteiger partial charge is 0.340 e. The Kier molecular flexibility index (Phi) is 6.67. The lowest BCUT2D eigenvalue weighted by Gasteiger charge is -2.15. The Bertz CT molecular complexity index is 783. The Balaban J connectivity index is 2.67. The molecule has 1 aromatic heterocycles. The number of hydrogen-bond donors (Lipinski definition) is 0. The Hall–Kier alpha value is -2.95. The molecule has 0 saturated heterocycles. The first-order valence-corrected chi connectivity index (χ1v) is 8.58. The van der Waals surface area contributed by atoms with E-state index in [1.165, 1.54) is 0 Å². The van der Waals surface area contributed by atoms with Crippen LogP contribution in [0.5, 0.6) is 0 Å². The van der Waals surface area contributed by atoms with Crippen molar-refractivity contribution < 1.29 is 19.1 Å². The Morgan fingerprint density at radius 2 is 1.38 bits per heavy atom. The predicted molar refractivity (Wildman–Crippen MR) is 101 cm³/mol. The van der Waals surface area contributed by atoms with Crippen LogP contribution >= 0.6 is 0 Å². The molecule has 0 fully saturated rings. The predicted octanol–water partition coefficient (Wildman–Crippen LogP) is 4.22. The molecule has 5 heteroatoms. The largest absolute Gasteiger partial charge is 0.462 e.